The molecule has 0 heterocycles. The molecule has 8 aromatic carbocycles. The summed E-state index contributed by atoms with van der Waals surface area (Å²) < 4.78 is 360. The van der Waals surface area contributed by atoms with Crippen molar-refractivity contribution in [3.8, 4) is 22.6 Å². The number of hydrogen-bond donors (Lipinski definition) is 0. The minimum absolute atomic E-state index is 0.202. The number of fused-ring (bicyclic) bond motifs is 4. The lowest BCUT2D eigenvalue weighted by atomic mass is 9.74. The van der Waals surface area contributed by atoms with Crippen molar-refractivity contribution in [2.45, 2.75) is 0 Å². The first-order chi connectivity index (χ1) is 30.9. The van der Waals surface area contributed by atoms with E-state index in [1.54, 1.807) is 0 Å². The zero-order chi connectivity index (χ0) is 48.6. The molecule has 0 aliphatic carbocycles. The summed E-state index contributed by atoms with van der Waals surface area (Å²) in [6.45, 7) is 0. The Labute approximate surface area is 346 Å². The van der Waals surface area contributed by atoms with Crippen LogP contribution in [0.25, 0.3) is 54.2 Å². The zero-order valence-corrected chi connectivity index (χ0v) is 30.4. The van der Waals surface area contributed by atoms with Crippen LogP contribution in [0.5, 0.6) is 11.5 Å². The van der Waals surface area contributed by atoms with Crippen LogP contribution in [0.15, 0.2) is 24.3 Å². The number of hydrogen-bond acceptors (Lipinski definition) is 2. The van der Waals surface area contributed by atoms with Crippen molar-refractivity contribution < 1.29 is 110 Å². The third kappa shape index (κ3) is 6.08. The van der Waals surface area contributed by atoms with Gasteiger partial charge in [0.15, 0.2) is 98.8 Å². The van der Waals surface area contributed by atoms with E-state index >= 15 is 61.5 Å². The molecule has 0 amide bonds. The molecule has 340 valence electrons. The average Bonchev–Trinajstić information content (AvgIpc) is 3.28. The average molecular weight is 964 g/mol. The smallest absolute Gasteiger partial charge is 0.519 e. The molecule has 0 N–H and O–H groups in total. The molecule has 2 nitrogen and oxygen atoms in total. The van der Waals surface area contributed by atoms with Gasteiger partial charge in [0.25, 0.3) is 0 Å². The molecule has 26 heteroatoms. The Balaban J connectivity index is 1.57. The second-order valence-electron chi connectivity index (χ2n) is 13.4. The Kier molecular flexibility index (Phi) is 10.7. The van der Waals surface area contributed by atoms with Gasteiger partial charge < -0.3 is 9.31 Å². The summed E-state index contributed by atoms with van der Waals surface area (Å²) in [6, 6.07) is 2.15. The number of rotatable bonds is 6. The lowest BCUT2D eigenvalue weighted by molar-refractivity contribution is 0.360. The molecule has 0 saturated heterocycles. The molecule has 0 aromatic heterocycles. The molecule has 0 atom stereocenters. The zero-order valence-electron chi connectivity index (χ0n) is 30.4. The van der Waals surface area contributed by atoms with Gasteiger partial charge in [-0.05, 0) is 22.9 Å². The van der Waals surface area contributed by atoms with E-state index in [4.69, 9.17) is 9.31 Å². The normalized spacial score (nSPS) is 11.9. The minimum atomic E-state index is -4.17. The Morgan fingerprint density at radius 1 is 0.288 bits per heavy atom. The van der Waals surface area contributed by atoms with Crippen molar-refractivity contribution in [2.24, 2.45) is 0 Å². The van der Waals surface area contributed by atoms with Crippen molar-refractivity contribution in [3.05, 3.63) is 158 Å². The molecule has 0 saturated carbocycles. The molecule has 0 radical (unpaired) electrons. The van der Waals surface area contributed by atoms with E-state index in [0.717, 1.165) is 6.07 Å². The van der Waals surface area contributed by atoms with E-state index < -0.39 is 212 Å². The maximum absolute atomic E-state index is 16.3. The lowest BCUT2D eigenvalue weighted by Gasteiger charge is -2.24. The standard InChI is InChI=1S/C40H4BF23O2/c42-7-3-1-2-5-4-6-9(17(43)8(5)7)20(46)28(54)27(53)16(6)41(66-40-15(26(52)33(59)36(62)38(40)64)13-24(50)31(57)35(61)32(58)25(13)51)65-39-14-12(23(49)34(60)37(39)63)18(44)10-11(19(14)45)22(48)30(56)29(55)21(10)47/h1-4H. The second kappa shape index (κ2) is 15.5. The summed E-state index contributed by atoms with van der Waals surface area (Å²) >= 11 is 0. The Hall–Kier alpha value is -7.15. The van der Waals surface area contributed by atoms with Crippen molar-refractivity contribution >= 4 is 55.7 Å². The van der Waals surface area contributed by atoms with Crippen LogP contribution >= 0.6 is 0 Å². The maximum atomic E-state index is 16.3. The van der Waals surface area contributed by atoms with E-state index in [2.05, 4.69) is 0 Å². The summed E-state index contributed by atoms with van der Waals surface area (Å²) in [5.41, 5.74) is -7.96. The van der Waals surface area contributed by atoms with Crippen molar-refractivity contribution in [3.63, 3.8) is 0 Å². The van der Waals surface area contributed by atoms with Crippen molar-refractivity contribution in [2.75, 3.05) is 0 Å². The van der Waals surface area contributed by atoms with Gasteiger partial charge in [-0.2, -0.15) is 8.78 Å². The van der Waals surface area contributed by atoms with Gasteiger partial charge in [0.05, 0.1) is 48.9 Å². The number of benzene rings is 8. The Bertz CT molecular complexity index is 3510. The molecule has 66 heavy (non-hydrogen) atoms. The van der Waals surface area contributed by atoms with Crippen molar-refractivity contribution in [1.82, 2.24) is 0 Å². The molecule has 0 spiro atoms. The predicted octanol–water partition coefficient (Wildman–Crippen LogP) is 13.0. The summed E-state index contributed by atoms with van der Waals surface area (Å²) in [5.74, 6) is -73.7. The van der Waals surface area contributed by atoms with Gasteiger partial charge in [-0.25, -0.2) is 92.2 Å². The van der Waals surface area contributed by atoms with E-state index in [1.165, 1.54) is 0 Å². The highest BCUT2D eigenvalue weighted by Gasteiger charge is 2.44. The van der Waals surface area contributed by atoms with Crippen LogP contribution in [0.3, 0.4) is 0 Å². The van der Waals surface area contributed by atoms with Crippen LogP contribution in [0.2, 0.25) is 0 Å². The summed E-state index contributed by atoms with van der Waals surface area (Å²) in [7, 11) is -4.17. The molecule has 0 fully saturated rings. The molecule has 0 aliphatic heterocycles. The highest BCUT2D eigenvalue weighted by Crippen LogP contribution is 2.46. The van der Waals surface area contributed by atoms with Gasteiger partial charge in [0.1, 0.15) is 23.3 Å². The maximum Gasteiger partial charge on any atom is 0.636 e. The SMILES string of the molecule is Fc1c(F)c(F)c(-c2c(F)c(F)c(F)c(F)c2OB(Oc2c(F)c(F)c(F)c3c(F)c4c(F)c(F)c(F)c(F)c4c(F)c23)c2c(F)c(F)c(F)c3c(F)c4c(F)cccc4cc23)c(F)c1F. The first-order valence-corrected chi connectivity index (χ1v) is 17.1. The highest BCUT2D eigenvalue weighted by atomic mass is 19.2. The first kappa shape index (κ1) is 45.4. The van der Waals surface area contributed by atoms with Crippen LogP contribution in [0.1, 0.15) is 0 Å². The van der Waals surface area contributed by atoms with Gasteiger partial charge in [0, 0.05) is 0 Å². The highest BCUT2D eigenvalue weighted by molar-refractivity contribution is 6.66. The van der Waals surface area contributed by atoms with Crippen LogP contribution < -0.4 is 14.8 Å². The molecule has 8 rings (SSSR count). The van der Waals surface area contributed by atoms with E-state index in [0.29, 0.717) is 12.1 Å². The topological polar surface area (TPSA) is 18.5 Å². The van der Waals surface area contributed by atoms with E-state index in [-0.39, 0.29) is 6.07 Å². The van der Waals surface area contributed by atoms with Gasteiger partial charge in [-0.1, -0.05) is 12.1 Å². The third-order valence-electron chi connectivity index (χ3n) is 9.98. The van der Waals surface area contributed by atoms with Gasteiger partial charge in [-0.15, -0.1) is 0 Å². The summed E-state index contributed by atoms with van der Waals surface area (Å²) in [5, 5.41) is -15.8. The van der Waals surface area contributed by atoms with Crippen LogP contribution in [-0.4, -0.2) is 7.12 Å². The largest absolute Gasteiger partial charge is 0.636 e. The van der Waals surface area contributed by atoms with Gasteiger partial charge in [0.2, 0.25) is 23.3 Å². The van der Waals surface area contributed by atoms with Crippen molar-refractivity contribution in [1.29, 1.82) is 0 Å². The monoisotopic (exact) mass is 964 g/mol. The second-order valence-corrected chi connectivity index (χ2v) is 13.4. The van der Waals surface area contributed by atoms with E-state index in [9.17, 15) is 39.5 Å². The fraction of sp³-hybridized carbons (Fsp3) is 0. The minimum Gasteiger partial charge on any atom is -0.519 e. The predicted molar refractivity (Wildman–Crippen MR) is 180 cm³/mol. The molecule has 0 bridgehead atoms. The summed E-state index contributed by atoms with van der Waals surface area (Å²) in [6.07, 6.45) is 0. The Morgan fingerprint density at radius 3 is 1.20 bits per heavy atom. The van der Waals surface area contributed by atoms with Gasteiger partial charge in [-0.3, -0.25) is 0 Å². The molecular formula is C40H4BF23O2. The van der Waals surface area contributed by atoms with Gasteiger partial charge >= 0.3 is 7.12 Å². The van der Waals surface area contributed by atoms with Crippen LogP contribution in [0, 0.1) is 134 Å². The summed E-state index contributed by atoms with van der Waals surface area (Å²) in [4.78, 5) is 0. The fourth-order valence-corrected chi connectivity index (χ4v) is 7.05. The Morgan fingerprint density at radius 2 is 0.652 bits per heavy atom. The molecule has 8 aromatic rings. The number of halogens is 23. The fourth-order valence-electron chi connectivity index (χ4n) is 7.05. The van der Waals surface area contributed by atoms with E-state index in [1.807, 2.05) is 0 Å². The quantitative estimate of drug-likeness (QED) is 0.0544. The first-order valence-electron chi connectivity index (χ1n) is 17.1. The molecule has 0 aliphatic rings. The molecule has 0 unspecified atom stereocenters. The van der Waals surface area contributed by atoms with Crippen LogP contribution in [-0.2, 0) is 0 Å². The third-order valence-corrected chi connectivity index (χ3v) is 9.98. The molecular weight excluding hydrogens is 960 g/mol. The van der Waals surface area contributed by atoms with Crippen LogP contribution in [0.4, 0.5) is 101 Å². The lowest BCUT2D eigenvalue weighted by Crippen LogP contribution is -2.46.